The van der Waals surface area contributed by atoms with E-state index in [4.69, 9.17) is 15.6 Å². The number of amides is 1. The van der Waals surface area contributed by atoms with Gasteiger partial charge in [-0.2, -0.15) is 0 Å². The first kappa shape index (κ1) is 14.4. The number of nitrogens with two attached hydrogens (primary N) is 1. The number of likely N-dealkylation sites (tertiary alicyclic amines) is 1. The minimum atomic E-state index is -1.12. The second-order valence-corrected chi connectivity index (χ2v) is 4.21. The predicted molar refractivity (Wildman–Crippen MR) is 61.6 cm³/mol. The number of carboxylic acid groups (broad SMARTS) is 1. The molecule has 0 bridgehead atoms. The van der Waals surface area contributed by atoms with Gasteiger partial charge in [-0.3, -0.25) is 9.59 Å². The lowest BCUT2D eigenvalue weighted by molar-refractivity contribution is -0.150. The Hall–Kier alpha value is -1.63. The molecule has 0 aliphatic carbocycles. The Morgan fingerprint density at radius 1 is 1.61 bits per heavy atom. The van der Waals surface area contributed by atoms with Crippen molar-refractivity contribution < 1.29 is 24.2 Å². The number of nitrogens with zero attached hydrogens (tertiary/aromatic N) is 1. The smallest absolute Gasteiger partial charge is 0.326 e. The highest BCUT2D eigenvalue weighted by Gasteiger charge is 2.36. The minimum absolute atomic E-state index is 0.0240. The van der Waals surface area contributed by atoms with Gasteiger partial charge < -0.3 is 20.5 Å². The number of hydrogen-bond acceptors (Lipinski definition) is 5. The molecule has 102 valence electrons. The van der Waals surface area contributed by atoms with Crippen LogP contribution in [0.5, 0.6) is 0 Å². The number of hydrogen-bond donors (Lipinski definition) is 2. The van der Waals surface area contributed by atoms with Crippen molar-refractivity contribution in [1.29, 1.82) is 0 Å². The molecule has 0 aromatic carbocycles. The molecule has 0 aromatic heterocycles. The van der Waals surface area contributed by atoms with Gasteiger partial charge >= 0.3 is 11.9 Å². The third-order valence-electron chi connectivity index (χ3n) is 2.78. The highest BCUT2D eigenvalue weighted by Crippen LogP contribution is 2.17. The molecule has 1 heterocycles. The third kappa shape index (κ3) is 3.69. The molecule has 1 saturated heterocycles. The second kappa shape index (κ2) is 6.34. The van der Waals surface area contributed by atoms with Crippen LogP contribution in [0.25, 0.3) is 0 Å². The summed E-state index contributed by atoms with van der Waals surface area (Å²) in [5, 5.41) is 9.09. The quantitative estimate of drug-likeness (QED) is 0.612. The fourth-order valence-corrected chi connectivity index (χ4v) is 1.96. The minimum Gasteiger partial charge on any atom is -0.480 e. The van der Waals surface area contributed by atoms with E-state index < -0.39 is 18.0 Å². The van der Waals surface area contributed by atoms with Crippen molar-refractivity contribution in [2.45, 2.75) is 38.3 Å². The van der Waals surface area contributed by atoms with Crippen LogP contribution >= 0.6 is 0 Å². The predicted octanol–water partition coefficient (Wildman–Crippen LogP) is -0.657. The molecule has 0 aromatic rings. The summed E-state index contributed by atoms with van der Waals surface area (Å²) in [7, 11) is 0. The van der Waals surface area contributed by atoms with E-state index >= 15 is 0 Å². The lowest BCUT2D eigenvalue weighted by Crippen LogP contribution is -2.43. The Kier molecular flexibility index (Phi) is 5.08. The molecule has 18 heavy (non-hydrogen) atoms. The molecule has 3 N–H and O–H groups in total. The fourth-order valence-electron chi connectivity index (χ4n) is 1.96. The van der Waals surface area contributed by atoms with E-state index in [9.17, 15) is 14.4 Å². The number of esters is 1. The third-order valence-corrected chi connectivity index (χ3v) is 2.78. The molecule has 0 saturated carbocycles. The Labute approximate surface area is 105 Å². The van der Waals surface area contributed by atoms with Gasteiger partial charge in [0.1, 0.15) is 6.04 Å². The van der Waals surface area contributed by atoms with Crippen LogP contribution < -0.4 is 5.73 Å². The van der Waals surface area contributed by atoms with E-state index in [1.54, 1.807) is 6.92 Å². The van der Waals surface area contributed by atoms with Crippen LogP contribution in [0.4, 0.5) is 0 Å². The first-order valence-electron chi connectivity index (χ1n) is 5.89. The molecule has 1 unspecified atom stereocenters. The van der Waals surface area contributed by atoms with Gasteiger partial charge in [-0.05, 0) is 13.3 Å². The van der Waals surface area contributed by atoms with Gasteiger partial charge in [0.15, 0.2) is 0 Å². The normalized spacial score (nSPS) is 20.9. The highest BCUT2D eigenvalue weighted by molar-refractivity contribution is 5.86. The van der Waals surface area contributed by atoms with Gasteiger partial charge in [0, 0.05) is 25.4 Å². The van der Waals surface area contributed by atoms with Crippen LogP contribution in [0.2, 0.25) is 0 Å². The van der Waals surface area contributed by atoms with Crippen molar-refractivity contribution in [3.05, 3.63) is 0 Å². The number of ether oxygens (including phenoxy) is 1. The summed E-state index contributed by atoms with van der Waals surface area (Å²) in [5.41, 5.74) is 5.61. The van der Waals surface area contributed by atoms with Crippen LogP contribution in [0.1, 0.15) is 26.2 Å². The number of carbonyl (C=O) groups is 3. The van der Waals surface area contributed by atoms with Crippen molar-refractivity contribution in [2.24, 2.45) is 5.73 Å². The van der Waals surface area contributed by atoms with E-state index in [2.05, 4.69) is 0 Å². The van der Waals surface area contributed by atoms with Gasteiger partial charge in [0.2, 0.25) is 5.91 Å². The van der Waals surface area contributed by atoms with Crippen LogP contribution in [0.15, 0.2) is 0 Å². The summed E-state index contributed by atoms with van der Waals surface area (Å²) in [6.07, 6.45) is 0.180. The molecule has 7 nitrogen and oxygen atoms in total. The van der Waals surface area contributed by atoms with Crippen molar-refractivity contribution in [2.75, 3.05) is 13.2 Å². The maximum absolute atomic E-state index is 11.6. The Morgan fingerprint density at radius 2 is 2.28 bits per heavy atom. The topological polar surface area (TPSA) is 110 Å². The molecule has 0 radical (unpaired) electrons. The summed E-state index contributed by atoms with van der Waals surface area (Å²) < 4.78 is 4.72. The summed E-state index contributed by atoms with van der Waals surface area (Å²) in [5.74, 6) is -1.86. The van der Waals surface area contributed by atoms with E-state index in [0.717, 1.165) is 0 Å². The second-order valence-electron chi connectivity index (χ2n) is 4.21. The first-order chi connectivity index (χ1) is 8.45. The van der Waals surface area contributed by atoms with Crippen molar-refractivity contribution in [1.82, 2.24) is 4.90 Å². The molecular weight excluding hydrogens is 240 g/mol. The van der Waals surface area contributed by atoms with E-state index in [-0.39, 0.29) is 44.4 Å². The van der Waals surface area contributed by atoms with Crippen molar-refractivity contribution in [3.8, 4) is 0 Å². The summed E-state index contributed by atoms with van der Waals surface area (Å²) >= 11 is 0. The van der Waals surface area contributed by atoms with Gasteiger partial charge in [0.25, 0.3) is 0 Å². The SMILES string of the molecule is CCOC(=O)CC[C@@H](C(=O)O)N1CC(N)CC1=O. The fraction of sp³-hybridized carbons (Fsp3) is 0.727. The Morgan fingerprint density at radius 3 is 2.72 bits per heavy atom. The van der Waals surface area contributed by atoms with Crippen molar-refractivity contribution >= 4 is 17.8 Å². The summed E-state index contributed by atoms with van der Waals surface area (Å²) in [4.78, 5) is 35.1. The van der Waals surface area contributed by atoms with Gasteiger partial charge in [-0.25, -0.2) is 4.79 Å². The molecule has 1 rings (SSSR count). The zero-order valence-corrected chi connectivity index (χ0v) is 10.3. The first-order valence-corrected chi connectivity index (χ1v) is 5.89. The molecular formula is C11H18N2O5. The lowest BCUT2D eigenvalue weighted by atomic mass is 10.1. The van der Waals surface area contributed by atoms with E-state index in [1.165, 1.54) is 4.90 Å². The van der Waals surface area contributed by atoms with E-state index in [1.807, 2.05) is 0 Å². The number of carbonyl (C=O) groups excluding carboxylic acids is 2. The van der Waals surface area contributed by atoms with Gasteiger partial charge in [-0.1, -0.05) is 0 Å². The number of carboxylic acids is 1. The average molecular weight is 258 g/mol. The molecule has 2 atom stereocenters. The molecule has 7 heteroatoms. The standard InChI is InChI=1S/C11H18N2O5/c1-2-18-10(15)4-3-8(11(16)17)13-6-7(12)5-9(13)14/h7-8H,2-6,12H2,1H3,(H,16,17)/t7?,8-/m0/s1. The highest BCUT2D eigenvalue weighted by atomic mass is 16.5. The van der Waals surface area contributed by atoms with Crippen LogP contribution in [-0.2, 0) is 19.1 Å². The largest absolute Gasteiger partial charge is 0.480 e. The van der Waals surface area contributed by atoms with Gasteiger partial charge in [-0.15, -0.1) is 0 Å². The summed E-state index contributed by atoms with van der Waals surface area (Å²) in [6, 6.07) is -1.34. The molecule has 1 amide bonds. The zero-order valence-electron chi connectivity index (χ0n) is 10.3. The molecule has 1 aliphatic rings. The number of rotatable bonds is 6. The van der Waals surface area contributed by atoms with Gasteiger partial charge in [0.05, 0.1) is 6.61 Å². The van der Waals surface area contributed by atoms with Crippen LogP contribution in [-0.4, -0.2) is 53.1 Å². The molecule has 0 spiro atoms. The zero-order chi connectivity index (χ0) is 13.7. The van der Waals surface area contributed by atoms with Crippen LogP contribution in [0.3, 0.4) is 0 Å². The summed E-state index contributed by atoms with van der Waals surface area (Å²) in [6.45, 7) is 2.15. The molecule has 1 fully saturated rings. The maximum atomic E-state index is 11.6. The van der Waals surface area contributed by atoms with E-state index in [0.29, 0.717) is 0 Å². The molecule has 1 aliphatic heterocycles. The Balaban J connectivity index is 2.58. The lowest BCUT2D eigenvalue weighted by Gasteiger charge is -2.24. The monoisotopic (exact) mass is 258 g/mol. The average Bonchev–Trinajstić information content (AvgIpc) is 2.58. The van der Waals surface area contributed by atoms with Crippen LogP contribution in [0, 0.1) is 0 Å². The Bertz CT molecular complexity index is 344. The van der Waals surface area contributed by atoms with Crippen molar-refractivity contribution in [3.63, 3.8) is 0 Å². The number of aliphatic carboxylic acids is 1. The maximum Gasteiger partial charge on any atom is 0.326 e.